The molecule has 0 atom stereocenters. The fraction of sp³-hybridized carbons (Fsp3) is 0.176. The Morgan fingerprint density at radius 2 is 2.13 bits per heavy atom. The molecule has 0 aliphatic heterocycles. The summed E-state index contributed by atoms with van der Waals surface area (Å²) in [6.45, 7) is 2.00. The molecule has 112 valence electrons. The van der Waals surface area contributed by atoms with Crippen LogP contribution in [-0.4, -0.2) is 19.5 Å². The van der Waals surface area contributed by atoms with Crippen molar-refractivity contribution in [1.82, 2.24) is 19.5 Å². The molecule has 0 spiro atoms. The number of thiazole rings is 1. The van der Waals surface area contributed by atoms with Crippen molar-refractivity contribution in [3.8, 4) is 6.07 Å². The van der Waals surface area contributed by atoms with E-state index < -0.39 is 0 Å². The van der Waals surface area contributed by atoms with Crippen LogP contribution in [0.2, 0.25) is 0 Å². The second-order valence-corrected chi connectivity index (χ2v) is 6.52. The van der Waals surface area contributed by atoms with Gasteiger partial charge in [-0.05, 0) is 25.1 Å². The summed E-state index contributed by atoms with van der Waals surface area (Å²) < 4.78 is 2.08. The number of aromatic nitrogens is 4. The monoisotopic (exact) mass is 319 g/mol. The molecule has 23 heavy (non-hydrogen) atoms. The Hall–Kier alpha value is -2.78. The molecular formula is C17H13N5S. The van der Waals surface area contributed by atoms with Gasteiger partial charge in [-0.1, -0.05) is 0 Å². The molecule has 4 aromatic rings. The van der Waals surface area contributed by atoms with E-state index in [1.807, 2.05) is 26.1 Å². The number of nitrogens with zero attached hydrogens (tertiary/aromatic N) is 5. The summed E-state index contributed by atoms with van der Waals surface area (Å²) in [7, 11) is 2.00. The van der Waals surface area contributed by atoms with Crippen molar-refractivity contribution in [3.05, 3.63) is 51.9 Å². The lowest BCUT2D eigenvalue weighted by Gasteiger charge is -2.03. The summed E-state index contributed by atoms with van der Waals surface area (Å²) in [4.78, 5) is 13.7. The molecule has 0 saturated heterocycles. The van der Waals surface area contributed by atoms with E-state index in [0.717, 1.165) is 38.5 Å². The summed E-state index contributed by atoms with van der Waals surface area (Å²) in [5.41, 5.74) is 4.38. The number of fused-ring (bicyclic) bond motifs is 3. The quantitative estimate of drug-likeness (QED) is 0.568. The Labute approximate surface area is 136 Å². The smallest absolute Gasteiger partial charge is 0.115 e. The molecule has 3 heterocycles. The number of hydrogen-bond donors (Lipinski definition) is 0. The zero-order valence-electron chi connectivity index (χ0n) is 12.7. The molecular weight excluding hydrogens is 306 g/mol. The molecule has 0 unspecified atom stereocenters. The van der Waals surface area contributed by atoms with Gasteiger partial charge in [0.05, 0.1) is 39.6 Å². The third kappa shape index (κ3) is 2.26. The fourth-order valence-electron chi connectivity index (χ4n) is 2.82. The highest BCUT2D eigenvalue weighted by Gasteiger charge is 2.13. The predicted molar refractivity (Wildman–Crippen MR) is 90.4 cm³/mol. The first-order valence-electron chi connectivity index (χ1n) is 7.21. The number of nitriles is 1. The van der Waals surface area contributed by atoms with Crippen molar-refractivity contribution < 1.29 is 0 Å². The van der Waals surface area contributed by atoms with E-state index >= 15 is 0 Å². The fourth-order valence-corrected chi connectivity index (χ4v) is 3.44. The summed E-state index contributed by atoms with van der Waals surface area (Å²) in [6, 6.07) is 7.73. The van der Waals surface area contributed by atoms with Crippen LogP contribution in [0.25, 0.3) is 21.9 Å². The largest absolute Gasteiger partial charge is 0.330 e. The summed E-state index contributed by atoms with van der Waals surface area (Å²) >= 11 is 1.65. The minimum atomic E-state index is 0.629. The van der Waals surface area contributed by atoms with Crippen LogP contribution in [0.4, 0.5) is 0 Å². The van der Waals surface area contributed by atoms with Gasteiger partial charge in [0.1, 0.15) is 11.3 Å². The molecule has 0 aliphatic carbocycles. The summed E-state index contributed by atoms with van der Waals surface area (Å²) in [6.07, 6.45) is 2.48. The minimum absolute atomic E-state index is 0.629. The Morgan fingerprint density at radius 1 is 1.26 bits per heavy atom. The highest BCUT2D eigenvalue weighted by molar-refractivity contribution is 7.09. The first-order valence-corrected chi connectivity index (χ1v) is 8.09. The molecule has 0 N–H and O–H groups in total. The Balaban J connectivity index is 1.93. The van der Waals surface area contributed by atoms with Crippen molar-refractivity contribution in [2.24, 2.45) is 7.05 Å². The first-order chi connectivity index (χ1) is 11.2. The van der Waals surface area contributed by atoms with E-state index in [1.54, 1.807) is 23.6 Å². The van der Waals surface area contributed by atoms with Crippen LogP contribution >= 0.6 is 11.3 Å². The lowest BCUT2D eigenvalue weighted by molar-refractivity contribution is 0.836. The Morgan fingerprint density at radius 3 is 2.87 bits per heavy atom. The van der Waals surface area contributed by atoms with Gasteiger partial charge in [-0.15, -0.1) is 11.3 Å². The van der Waals surface area contributed by atoms with Gasteiger partial charge in [0, 0.05) is 24.2 Å². The van der Waals surface area contributed by atoms with Crippen LogP contribution in [0.3, 0.4) is 0 Å². The highest BCUT2D eigenvalue weighted by Crippen LogP contribution is 2.26. The number of hydrogen-bond acceptors (Lipinski definition) is 5. The van der Waals surface area contributed by atoms with Gasteiger partial charge in [-0.3, -0.25) is 4.98 Å². The maximum Gasteiger partial charge on any atom is 0.115 e. The zero-order chi connectivity index (χ0) is 16.0. The number of aryl methyl sites for hydroxylation is 2. The third-order valence-electron chi connectivity index (χ3n) is 3.93. The molecule has 0 bridgehead atoms. The molecule has 0 aliphatic rings. The Kier molecular flexibility index (Phi) is 3.10. The molecule has 3 aromatic heterocycles. The first kappa shape index (κ1) is 13.9. The van der Waals surface area contributed by atoms with Crippen molar-refractivity contribution in [2.45, 2.75) is 13.3 Å². The van der Waals surface area contributed by atoms with Crippen molar-refractivity contribution in [3.63, 3.8) is 0 Å². The molecule has 5 nitrogen and oxygen atoms in total. The second-order valence-electron chi connectivity index (χ2n) is 5.46. The molecule has 0 fully saturated rings. The average molecular weight is 319 g/mol. The molecule has 0 saturated carbocycles. The molecule has 1 aromatic carbocycles. The average Bonchev–Trinajstić information content (AvgIpc) is 3.11. The van der Waals surface area contributed by atoms with Crippen LogP contribution in [0, 0.1) is 18.3 Å². The third-order valence-corrected chi connectivity index (χ3v) is 4.75. The van der Waals surface area contributed by atoms with Gasteiger partial charge in [0.25, 0.3) is 0 Å². The van der Waals surface area contributed by atoms with E-state index in [4.69, 9.17) is 10.2 Å². The van der Waals surface area contributed by atoms with Crippen molar-refractivity contribution in [2.75, 3.05) is 0 Å². The zero-order valence-corrected chi connectivity index (χ0v) is 13.6. The van der Waals surface area contributed by atoms with Gasteiger partial charge in [0.2, 0.25) is 0 Å². The molecule has 0 radical (unpaired) electrons. The number of imidazole rings is 1. The normalized spacial score (nSPS) is 11.2. The van der Waals surface area contributed by atoms with Crippen LogP contribution in [0.5, 0.6) is 0 Å². The molecule has 0 amide bonds. The topological polar surface area (TPSA) is 67.4 Å². The Bertz CT molecular complexity index is 1080. The summed E-state index contributed by atoms with van der Waals surface area (Å²) in [5, 5.41) is 13.2. The minimum Gasteiger partial charge on any atom is -0.330 e. The van der Waals surface area contributed by atoms with Gasteiger partial charge < -0.3 is 4.57 Å². The van der Waals surface area contributed by atoms with E-state index in [1.165, 1.54) is 0 Å². The van der Waals surface area contributed by atoms with Crippen molar-refractivity contribution in [1.29, 1.82) is 5.26 Å². The van der Waals surface area contributed by atoms with Gasteiger partial charge >= 0.3 is 0 Å². The second kappa shape index (κ2) is 5.14. The highest BCUT2D eigenvalue weighted by atomic mass is 32.1. The van der Waals surface area contributed by atoms with E-state index in [-0.39, 0.29) is 0 Å². The van der Waals surface area contributed by atoms with Crippen LogP contribution < -0.4 is 0 Å². The predicted octanol–water partition coefficient (Wildman–Crippen LogP) is 3.35. The van der Waals surface area contributed by atoms with Gasteiger partial charge in [-0.2, -0.15) is 5.26 Å². The standard InChI is InChI=1S/C17H13N5S/c1-10-20-12(9-23-10)6-16-21-15-8-19-14-4-3-11(7-18)5-13(14)17(15)22(16)2/h3-5,8-9H,6H2,1-2H3. The number of rotatable bonds is 2. The SMILES string of the molecule is Cc1nc(Cc2nc3cnc4ccc(C#N)cc4c3n2C)cs1. The van der Waals surface area contributed by atoms with E-state index in [0.29, 0.717) is 12.0 Å². The van der Waals surface area contributed by atoms with Crippen molar-refractivity contribution >= 4 is 33.3 Å². The van der Waals surface area contributed by atoms with Crippen LogP contribution in [0.1, 0.15) is 22.1 Å². The maximum atomic E-state index is 9.14. The maximum absolute atomic E-state index is 9.14. The lowest BCUT2D eigenvalue weighted by atomic mass is 10.1. The van der Waals surface area contributed by atoms with E-state index in [9.17, 15) is 0 Å². The van der Waals surface area contributed by atoms with E-state index in [2.05, 4.69) is 26.0 Å². The molecule has 6 heteroatoms. The molecule has 4 rings (SSSR count). The van der Waals surface area contributed by atoms with Gasteiger partial charge in [0.15, 0.2) is 0 Å². The van der Waals surface area contributed by atoms with Crippen LogP contribution in [-0.2, 0) is 13.5 Å². The number of benzene rings is 1. The lowest BCUT2D eigenvalue weighted by Crippen LogP contribution is -1.99. The summed E-state index contributed by atoms with van der Waals surface area (Å²) in [5.74, 6) is 0.946. The van der Waals surface area contributed by atoms with Crippen LogP contribution in [0.15, 0.2) is 29.8 Å². The number of pyridine rings is 1. The van der Waals surface area contributed by atoms with Gasteiger partial charge in [-0.25, -0.2) is 9.97 Å².